The van der Waals surface area contributed by atoms with E-state index in [0.717, 1.165) is 13.1 Å². The third-order valence-corrected chi connectivity index (χ3v) is 3.95. The number of aliphatic carboxylic acids is 1. The molecule has 1 aromatic rings. The van der Waals surface area contributed by atoms with Crippen LogP contribution >= 0.6 is 11.6 Å². The molecule has 0 radical (unpaired) electrons. The minimum atomic E-state index is -0.806. The van der Waals surface area contributed by atoms with Crippen molar-refractivity contribution in [2.24, 2.45) is 0 Å². The van der Waals surface area contributed by atoms with Gasteiger partial charge in [-0.2, -0.15) is 0 Å². The quantitative estimate of drug-likeness (QED) is 0.924. The highest BCUT2D eigenvalue weighted by Crippen LogP contribution is 2.18. The lowest BCUT2D eigenvalue weighted by atomic mass is 10.1. The summed E-state index contributed by atoms with van der Waals surface area (Å²) < 4.78 is 13.7. The van der Waals surface area contributed by atoms with Gasteiger partial charge in [-0.15, -0.1) is 0 Å². The summed E-state index contributed by atoms with van der Waals surface area (Å²) in [4.78, 5) is 15.0. The summed E-state index contributed by atoms with van der Waals surface area (Å²) in [5, 5.41) is 9.51. The second-order valence-corrected chi connectivity index (χ2v) is 5.50. The lowest BCUT2D eigenvalue weighted by Crippen LogP contribution is -2.51. The number of hydrogen-bond donors (Lipinski definition) is 1. The van der Waals surface area contributed by atoms with Gasteiger partial charge in [0.15, 0.2) is 0 Å². The molecule has 1 aliphatic heterocycles. The summed E-state index contributed by atoms with van der Waals surface area (Å²) in [5.74, 6) is -1.06. The molecule has 0 aliphatic carbocycles. The third-order valence-electron chi connectivity index (χ3n) is 3.71. The molecule has 0 spiro atoms. The summed E-state index contributed by atoms with van der Waals surface area (Å²) >= 11 is 5.88. The number of nitrogens with zero attached hydrogens (tertiary/aromatic N) is 2. The van der Waals surface area contributed by atoms with Crippen LogP contribution in [0.1, 0.15) is 12.5 Å². The van der Waals surface area contributed by atoms with E-state index in [0.29, 0.717) is 30.2 Å². The Morgan fingerprint density at radius 2 is 2.05 bits per heavy atom. The van der Waals surface area contributed by atoms with E-state index in [2.05, 4.69) is 4.90 Å². The van der Waals surface area contributed by atoms with Gasteiger partial charge in [-0.1, -0.05) is 11.6 Å². The Hall–Kier alpha value is -1.17. The monoisotopic (exact) mass is 300 g/mol. The lowest BCUT2D eigenvalue weighted by Gasteiger charge is -2.36. The highest BCUT2D eigenvalue weighted by atomic mass is 35.5. The topological polar surface area (TPSA) is 43.8 Å². The van der Waals surface area contributed by atoms with Crippen LogP contribution in [0.2, 0.25) is 5.02 Å². The largest absolute Gasteiger partial charge is 0.480 e. The van der Waals surface area contributed by atoms with Crippen molar-refractivity contribution in [2.45, 2.75) is 19.5 Å². The molecule has 6 heteroatoms. The number of rotatable bonds is 4. The molecule has 4 nitrogen and oxygen atoms in total. The summed E-state index contributed by atoms with van der Waals surface area (Å²) in [6.07, 6.45) is 0. The van der Waals surface area contributed by atoms with Crippen LogP contribution in [-0.2, 0) is 11.3 Å². The molecule has 1 heterocycles. The molecule has 0 aromatic heterocycles. The van der Waals surface area contributed by atoms with E-state index in [9.17, 15) is 9.18 Å². The van der Waals surface area contributed by atoms with Crippen molar-refractivity contribution in [1.82, 2.24) is 9.80 Å². The highest BCUT2D eigenvalue weighted by Gasteiger charge is 2.25. The molecule has 1 saturated heterocycles. The fourth-order valence-electron chi connectivity index (χ4n) is 2.37. The summed E-state index contributed by atoms with van der Waals surface area (Å²) in [5.41, 5.74) is 0.581. The first-order chi connectivity index (χ1) is 9.47. The number of carboxylic acid groups (broad SMARTS) is 1. The molecule has 0 amide bonds. The number of benzene rings is 1. The van der Waals surface area contributed by atoms with Gasteiger partial charge in [0.25, 0.3) is 0 Å². The lowest BCUT2D eigenvalue weighted by molar-refractivity contribution is -0.143. The van der Waals surface area contributed by atoms with Crippen molar-refractivity contribution in [3.05, 3.63) is 34.6 Å². The van der Waals surface area contributed by atoms with Gasteiger partial charge in [0.2, 0.25) is 0 Å². The molecular formula is C14H18ClFN2O2. The number of halogens is 2. The molecule has 1 unspecified atom stereocenters. The van der Waals surface area contributed by atoms with Crippen LogP contribution in [0.15, 0.2) is 18.2 Å². The average molecular weight is 301 g/mol. The molecular weight excluding hydrogens is 283 g/mol. The van der Waals surface area contributed by atoms with Crippen LogP contribution in [0, 0.1) is 5.82 Å². The van der Waals surface area contributed by atoms with Crippen LogP contribution in [0.3, 0.4) is 0 Å². The van der Waals surface area contributed by atoms with Gasteiger partial charge in [0.1, 0.15) is 11.9 Å². The van der Waals surface area contributed by atoms with Crippen molar-refractivity contribution in [3.8, 4) is 0 Å². The van der Waals surface area contributed by atoms with Gasteiger partial charge >= 0.3 is 5.97 Å². The van der Waals surface area contributed by atoms with Crippen molar-refractivity contribution >= 4 is 17.6 Å². The van der Waals surface area contributed by atoms with Crippen molar-refractivity contribution in [1.29, 1.82) is 0 Å². The van der Waals surface area contributed by atoms with Gasteiger partial charge in [0.05, 0.1) is 0 Å². The number of carbonyl (C=O) groups is 1. The highest BCUT2D eigenvalue weighted by molar-refractivity contribution is 6.30. The maximum absolute atomic E-state index is 13.7. The van der Waals surface area contributed by atoms with Gasteiger partial charge in [-0.05, 0) is 25.1 Å². The van der Waals surface area contributed by atoms with Gasteiger partial charge < -0.3 is 5.11 Å². The molecule has 1 N–H and O–H groups in total. The Morgan fingerprint density at radius 3 is 2.65 bits per heavy atom. The Labute approximate surface area is 122 Å². The van der Waals surface area contributed by atoms with Crippen LogP contribution < -0.4 is 0 Å². The SMILES string of the molecule is CC(C(=O)O)N1CCN(Cc2cc(Cl)ccc2F)CC1. The predicted octanol–water partition coefficient (Wildman–Crippen LogP) is 2.07. The molecule has 1 aromatic carbocycles. The van der Waals surface area contributed by atoms with Gasteiger partial charge in [0, 0.05) is 43.3 Å². The minimum Gasteiger partial charge on any atom is -0.480 e. The number of hydrogen-bond acceptors (Lipinski definition) is 3. The Bertz CT molecular complexity index is 490. The molecule has 110 valence electrons. The van der Waals surface area contributed by atoms with Crippen LogP contribution in [0.5, 0.6) is 0 Å². The van der Waals surface area contributed by atoms with Crippen LogP contribution in [0.25, 0.3) is 0 Å². The van der Waals surface area contributed by atoms with Gasteiger partial charge in [-0.3, -0.25) is 14.6 Å². The second kappa shape index (κ2) is 6.52. The first kappa shape index (κ1) is 15.2. The first-order valence-corrected chi connectivity index (χ1v) is 6.98. The maximum atomic E-state index is 13.7. The van der Waals surface area contributed by atoms with E-state index in [4.69, 9.17) is 16.7 Å². The molecule has 1 aliphatic rings. The van der Waals surface area contributed by atoms with Crippen LogP contribution in [0.4, 0.5) is 4.39 Å². The first-order valence-electron chi connectivity index (χ1n) is 6.60. The summed E-state index contributed by atoms with van der Waals surface area (Å²) in [7, 11) is 0. The zero-order valence-corrected chi connectivity index (χ0v) is 12.1. The molecule has 1 atom stereocenters. The Morgan fingerprint density at radius 1 is 1.40 bits per heavy atom. The van der Waals surface area contributed by atoms with E-state index in [1.165, 1.54) is 12.1 Å². The van der Waals surface area contributed by atoms with Crippen molar-refractivity contribution in [2.75, 3.05) is 26.2 Å². The smallest absolute Gasteiger partial charge is 0.320 e. The van der Waals surface area contributed by atoms with E-state index in [1.54, 1.807) is 13.0 Å². The minimum absolute atomic E-state index is 0.254. The summed E-state index contributed by atoms with van der Waals surface area (Å²) in [6.45, 7) is 4.99. The zero-order chi connectivity index (χ0) is 14.7. The molecule has 1 fully saturated rings. The second-order valence-electron chi connectivity index (χ2n) is 5.06. The maximum Gasteiger partial charge on any atom is 0.320 e. The Balaban J connectivity index is 1.91. The number of piperazine rings is 1. The molecule has 0 bridgehead atoms. The summed E-state index contributed by atoms with van der Waals surface area (Å²) in [6, 6.07) is 4.08. The van der Waals surface area contributed by atoms with Crippen LogP contribution in [-0.4, -0.2) is 53.1 Å². The van der Waals surface area contributed by atoms with Crippen molar-refractivity contribution < 1.29 is 14.3 Å². The normalized spacial score (nSPS) is 18.9. The fraction of sp³-hybridized carbons (Fsp3) is 0.500. The molecule has 20 heavy (non-hydrogen) atoms. The standard InChI is InChI=1S/C14H18ClFN2O2/c1-10(14(19)20)18-6-4-17(5-7-18)9-11-8-12(15)2-3-13(11)16/h2-3,8,10H,4-7,9H2,1H3,(H,19,20). The predicted molar refractivity (Wildman–Crippen MR) is 75.4 cm³/mol. The van der Waals surface area contributed by atoms with Crippen molar-refractivity contribution in [3.63, 3.8) is 0 Å². The third kappa shape index (κ3) is 3.69. The van der Waals surface area contributed by atoms with E-state index >= 15 is 0 Å². The number of carboxylic acids is 1. The molecule has 2 rings (SSSR count). The van der Waals surface area contributed by atoms with E-state index in [1.807, 2.05) is 4.90 Å². The molecule has 0 saturated carbocycles. The zero-order valence-electron chi connectivity index (χ0n) is 11.4. The van der Waals surface area contributed by atoms with E-state index in [-0.39, 0.29) is 5.82 Å². The fourth-order valence-corrected chi connectivity index (χ4v) is 2.57. The van der Waals surface area contributed by atoms with Gasteiger partial charge in [-0.25, -0.2) is 4.39 Å². The van der Waals surface area contributed by atoms with E-state index < -0.39 is 12.0 Å². The average Bonchev–Trinajstić information content (AvgIpc) is 2.43. The Kier molecular flexibility index (Phi) is 4.96.